The van der Waals surface area contributed by atoms with Crippen LogP contribution in [0.4, 0.5) is 0 Å². The minimum absolute atomic E-state index is 0.0498. The lowest BCUT2D eigenvalue weighted by Gasteiger charge is -2.23. The van der Waals surface area contributed by atoms with Crippen molar-refractivity contribution in [2.45, 2.75) is 19.0 Å². The molecule has 1 N–H and O–H groups in total. The second kappa shape index (κ2) is 7.56. The number of amides is 1. The van der Waals surface area contributed by atoms with Gasteiger partial charge in [0, 0.05) is 31.0 Å². The van der Waals surface area contributed by atoms with E-state index in [-0.39, 0.29) is 11.3 Å². The highest BCUT2D eigenvalue weighted by atomic mass is 16.3. The average molecular weight is 377 g/mol. The first-order valence-corrected chi connectivity index (χ1v) is 9.00. The summed E-state index contributed by atoms with van der Waals surface area (Å²) in [7, 11) is 0. The predicted molar refractivity (Wildman–Crippen MR) is 101 cm³/mol. The first-order valence-electron chi connectivity index (χ1n) is 9.00. The highest BCUT2D eigenvalue weighted by Crippen LogP contribution is 2.39. The van der Waals surface area contributed by atoms with Gasteiger partial charge < -0.3 is 19.0 Å². The zero-order valence-electron chi connectivity index (χ0n) is 15.1. The molecule has 142 valence electrons. The number of rotatable bonds is 6. The molecule has 1 aromatic carbocycles. The van der Waals surface area contributed by atoms with E-state index in [1.54, 1.807) is 48.9 Å². The number of aryl methyl sites for hydroxylation is 1. The number of hydrogen-bond donors (Lipinski definition) is 1. The number of Topliss-reactive ketones (excluding diaryl/α,β-unsaturated/α-hetero) is 1. The summed E-state index contributed by atoms with van der Waals surface area (Å²) in [5.74, 6) is -1.09. The molecule has 3 heterocycles. The molecule has 1 fully saturated rings. The van der Waals surface area contributed by atoms with Gasteiger partial charge in [0.25, 0.3) is 11.7 Å². The topological polar surface area (TPSA) is 88.6 Å². The van der Waals surface area contributed by atoms with Crippen molar-refractivity contribution in [1.29, 1.82) is 0 Å². The number of likely N-dealkylation sites (tertiary alicyclic amines) is 1. The van der Waals surface area contributed by atoms with E-state index in [1.807, 2.05) is 16.8 Å². The molecule has 2 aromatic heterocycles. The van der Waals surface area contributed by atoms with Crippen LogP contribution in [-0.2, 0) is 16.1 Å². The van der Waals surface area contributed by atoms with Crippen LogP contribution < -0.4 is 0 Å². The molecule has 3 aromatic rings. The fourth-order valence-electron chi connectivity index (χ4n) is 3.45. The van der Waals surface area contributed by atoms with Crippen LogP contribution in [0.15, 0.2) is 77.4 Å². The van der Waals surface area contributed by atoms with Crippen LogP contribution in [0.2, 0.25) is 0 Å². The van der Waals surface area contributed by atoms with Gasteiger partial charge in [0.1, 0.15) is 17.6 Å². The fourth-order valence-corrected chi connectivity index (χ4v) is 3.45. The molecule has 7 nitrogen and oxygen atoms in total. The van der Waals surface area contributed by atoms with Gasteiger partial charge in [-0.15, -0.1) is 0 Å². The van der Waals surface area contributed by atoms with Crippen molar-refractivity contribution in [2.75, 3.05) is 6.54 Å². The van der Waals surface area contributed by atoms with Crippen LogP contribution in [0.25, 0.3) is 5.76 Å². The molecule has 1 amide bonds. The monoisotopic (exact) mass is 377 g/mol. The molecular formula is C21H19N3O4. The molecule has 1 atom stereocenters. The maximum atomic E-state index is 12.8. The minimum Gasteiger partial charge on any atom is -0.507 e. The lowest BCUT2D eigenvalue weighted by atomic mass is 9.99. The molecule has 0 bridgehead atoms. The lowest BCUT2D eigenvalue weighted by molar-refractivity contribution is -0.140. The van der Waals surface area contributed by atoms with Crippen LogP contribution in [0.3, 0.4) is 0 Å². The quantitative estimate of drug-likeness (QED) is 0.405. The van der Waals surface area contributed by atoms with Crippen LogP contribution in [0, 0.1) is 0 Å². The Hall–Kier alpha value is -3.61. The maximum absolute atomic E-state index is 12.8. The van der Waals surface area contributed by atoms with Crippen LogP contribution in [0.5, 0.6) is 0 Å². The molecule has 0 spiro atoms. The van der Waals surface area contributed by atoms with Gasteiger partial charge in [0.05, 0.1) is 18.2 Å². The van der Waals surface area contributed by atoms with E-state index in [9.17, 15) is 14.7 Å². The Kier molecular flexibility index (Phi) is 4.80. The number of benzene rings is 1. The molecule has 4 rings (SSSR count). The highest BCUT2D eigenvalue weighted by Gasteiger charge is 2.47. The number of carbonyl (C=O) groups is 2. The van der Waals surface area contributed by atoms with Gasteiger partial charge in [-0.1, -0.05) is 30.3 Å². The van der Waals surface area contributed by atoms with Crippen LogP contribution in [-0.4, -0.2) is 37.8 Å². The summed E-state index contributed by atoms with van der Waals surface area (Å²) in [5.41, 5.74) is 0.532. The Morgan fingerprint density at radius 2 is 1.93 bits per heavy atom. The molecule has 7 heteroatoms. The van der Waals surface area contributed by atoms with Crippen molar-refractivity contribution in [3.63, 3.8) is 0 Å². The first kappa shape index (κ1) is 17.8. The molecule has 0 saturated carbocycles. The number of imidazole rings is 1. The van der Waals surface area contributed by atoms with Gasteiger partial charge in [0.2, 0.25) is 0 Å². The molecule has 28 heavy (non-hydrogen) atoms. The fraction of sp³-hybridized carbons (Fsp3) is 0.190. The van der Waals surface area contributed by atoms with E-state index in [2.05, 4.69) is 4.98 Å². The van der Waals surface area contributed by atoms with E-state index in [4.69, 9.17) is 4.42 Å². The minimum atomic E-state index is -0.752. The van der Waals surface area contributed by atoms with E-state index >= 15 is 0 Å². The lowest BCUT2D eigenvalue weighted by Crippen LogP contribution is -2.31. The molecule has 1 aliphatic rings. The number of ketones is 1. The summed E-state index contributed by atoms with van der Waals surface area (Å²) < 4.78 is 7.41. The standard InChI is InChI=1S/C21H19N3O4/c25-19(15-6-2-1-3-7-15)17-18(16-8-4-13-28-16)24(21(27)20(17)26)11-5-10-23-12-9-22-14-23/h1-4,6-9,12-14,18,25H,5,10-11H2/b19-17-. The Morgan fingerprint density at radius 1 is 1.11 bits per heavy atom. The summed E-state index contributed by atoms with van der Waals surface area (Å²) in [6.45, 7) is 1.01. The Balaban J connectivity index is 1.68. The summed E-state index contributed by atoms with van der Waals surface area (Å²) >= 11 is 0. The van der Waals surface area contributed by atoms with Crippen molar-refractivity contribution in [2.24, 2.45) is 0 Å². The second-order valence-electron chi connectivity index (χ2n) is 6.53. The Bertz CT molecular complexity index is 992. The van der Waals surface area contributed by atoms with Crippen molar-refractivity contribution >= 4 is 17.4 Å². The van der Waals surface area contributed by atoms with E-state index < -0.39 is 17.7 Å². The maximum Gasteiger partial charge on any atom is 0.295 e. The predicted octanol–water partition coefficient (Wildman–Crippen LogP) is 2.99. The van der Waals surface area contributed by atoms with Crippen molar-refractivity contribution in [1.82, 2.24) is 14.5 Å². The van der Waals surface area contributed by atoms with Gasteiger partial charge in [0.15, 0.2) is 0 Å². The molecule has 1 unspecified atom stereocenters. The Labute approximate surface area is 161 Å². The van der Waals surface area contributed by atoms with E-state index in [1.165, 1.54) is 11.2 Å². The number of hydrogen-bond acceptors (Lipinski definition) is 5. The first-order chi connectivity index (χ1) is 13.7. The van der Waals surface area contributed by atoms with E-state index in [0.29, 0.717) is 30.8 Å². The van der Waals surface area contributed by atoms with E-state index in [0.717, 1.165) is 0 Å². The molecule has 0 aliphatic carbocycles. The number of aromatic nitrogens is 2. The molecule has 0 radical (unpaired) electrons. The number of aliphatic hydroxyl groups excluding tert-OH is 1. The summed E-state index contributed by atoms with van der Waals surface area (Å²) in [4.78, 5) is 30.9. The number of carbonyl (C=O) groups excluding carboxylic acids is 2. The zero-order chi connectivity index (χ0) is 19.5. The van der Waals surface area contributed by atoms with Crippen molar-refractivity contribution in [3.8, 4) is 0 Å². The van der Waals surface area contributed by atoms with Crippen LogP contribution in [0.1, 0.15) is 23.8 Å². The second-order valence-corrected chi connectivity index (χ2v) is 6.53. The van der Waals surface area contributed by atoms with Crippen LogP contribution >= 0.6 is 0 Å². The number of furan rings is 1. The van der Waals surface area contributed by atoms with Gasteiger partial charge in [-0.2, -0.15) is 0 Å². The summed E-state index contributed by atoms with van der Waals surface area (Å²) in [6.07, 6.45) is 7.35. The normalized spacial score (nSPS) is 18.7. The average Bonchev–Trinajstić information content (AvgIpc) is 3.46. The summed E-state index contributed by atoms with van der Waals surface area (Å²) in [5, 5.41) is 10.8. The van der Waals surface area contributed by atoms with Gasteiger partial charge in [-0.25, -0.2) is 4.98 Å². The van der Waals surface area contributed by atoms with Gasteiger partial charge in [-0.05, 0) is 18.6 Å². The molecule has 1 aliphatic heterocycles. The smallest absolute Gasteiger partial charge is 0.295 e. The van der Waals surface area contributed by atoms with Gasteiger partial charge >= 0.3 is 0 Å². The van der Waals surface area contributed by atoms with Crippen molar-refractivity contribution < 1.29 is 19.1 Å². The summed E-state index contributed by atoms with van der Waals surface area (Å²) in [6, 6.07) is 11.4. The highest BCUT2D eigenvalue weighted by molar-refractivity contribution is 6.46. The molecule has 1 saturated heterocycles. The SMILES string of the molecule is O=C1C(=O)N(CCCn2ccnc2)C(c2ccco2)/C1=C(/O)c1ccccc1. The number of aliphatic hydroxyl groups is 1. The van der Waals surface area contributed by atoms with Crippen molar-refractivity contribution in [3.05, 3.63) is 84.3 Å². The third kappa shape index (κ3) is 3.22. The third-order valence-electron chi connectivity index (χ3n) is 4.77. The Morgan fingerprint density at radius 3 is 2.61 bits per heavy atom. The van der Waals surface area contributed by atoms with Gasteiger partial charge in [-0.3, -0.25) is 9.59 Å². The third-order valence-corrected chi connectivity index (χ3v) is 4.77. The number of nitrogens with zero attached hydrogens (tertiary/aromatic N) is 3. The zero-order valence-corrected chi connectivity index (χ0v) is 15.1. The largest absolute Gasteiger partial charge is 0.507 e. The molecular weight excluding hydrogens is 358 g/mol.